The largest absolute Gasteiger partial charge is 0.436 e. The summed E-state index contributed by atoms with van der Waals surface area (Å²) in [4.78, 5) is 25.7. The molecule has 0 radical (unpaired) electrons. The van der Waals surface area contributed by atoms with E-state index in [1.165, 1.54) is 17.3 Å². The van der Waals surface area contributed by atoms with Crippen molar-refractivity contribution in [1.82, 2.24) is 14.9 Å². The summed E-state index contributed by atoms with van der Waals surface area (Å²) in [7, 11) is 0. The Labute approximate surface area is 197 Å². The van der Waals surface area contributed by atoms with Crippen LogP contribution in [0.5, 0.6) is 11.6 Å². The summed E-state index contributed by atoms with van der Waals surface area (Å²) in [6.45, 7) is 6.98. The van der Waals surface area contributed by atoms with Gasteiger partial charge >= 0.3 is 0 Å². The Morgan fingerprint density at radius 2 is 1.78 bits per heavy atom. The molecule has 1 saturated heterocycles. The quantitative estimate of drug-likeness (QED) is 0.475. The number of carbonyl (C=O) groups excluding carboxylic acids is 1. The van der Waals surface area contributed by atoms with Crippen LogP contribution in [0.15, 0.2) is 59.9 Å². The third-order valence-electron chi connectivity index (χ3n) is 5.41. The van der Waals surface area contributed by atoms with Crippen LogP contribution in [-0.4, -0.2) is 52.7 Å². The fourth-order valence-electron chi connectivity index (χ4n) is 3.60. The van der Waals surface area contributed by atoms with Gasteiger partial charge in [-0.2, -0.15) is 0 Å². The molecule has 3 aromatic rings. The molecule has 2 heterocycles. The van der Waals surface area contributed by atoms with E-state index in [9.17, 15) is 4.79 Å². The maximum absolute atomic E-state index is 12.8. The summed E-state index contributed by atoms with van der Waals surface area (Å²) in [6, 6.07) is 13.7. The number of ether oxygens (including phenoxy) is 1. The molecule has 1 aliphatic rings. The first-order valence-electron chi connectivity index (χ1n) is 10.5. The van der Waals surface area contributed by atoms with E-state index in [0.29, 0.717) is 29.7 Å². The van der Waals surface area contributed by atoms with Crippen LogP contribution in [0.1, 0.15) is 11.1 Å². The number of benzene rings is 2. The number of aryl methyl sites for hydroxylation is 2. The van der Waals surface area contributed by atoms with Crippen molar-refractivity contribution in [3.63, 3.8) is 0 Å². The summed E-state index contributed by atoms with van der Waals surface area (Å²) < 4.78 is 5.97. The van der Waals surface area contributed by atoms with Gasteiger partial charge in [0, 0.05) is 49.3 Å². The van der Waals surface area contributed by atoms with Gasteiger partial charge in [0.2, 0.25) is 5.91 Å². The van der Waals surface area contributed by atoms with Crippen LogP contribution in [0.3, 0.4) is 0 Å². The third-order valence-corrected chi connectivity index (χ3v) is 6.59. The number of piperazine rings is 1. The predicted octanol–water partition coefficient (Wildman–Crippen LogP) is 4.98. The highest BCUT2D eigenvalue weighted by Gasteiger charge is 2.23. The first-order valence-corrected chi connectivity index (χ1v) is 11.8. The molecular weight excluding hydrogens is 444 g/mol. The summed E-state index contributed by atoms with van der Waals surface area (Å²) in [5.74, 6) is 1.53. The molecule has 0 aliphatic carbocycles. The number of nitrogens with zero attached hydrogens (tertiary/aromatic N) is 4. The summed E-state index contributed by atoms with van der Waals surface area (Å²) in [5, 5.41) is 1.34. The number of amides is 1. The lowest BCUT2D eigenvalue weighted by atomic mass is 10.1. The standard InChI is InChI=1S/C24H25ClN4O2S/c1-17-7-8-19(25)15-20(17)28-11-13-29(14-12-28)22(30)16-32-24-23(26-9-10-27-24)31-21-6-4-3-5-18(21)2/h3-10,15H,11-14,16H2,1-2H3. The second-order valence-corrected chi connectivity index (χ2v) is 9.02. The number of halogens is 1. The number of rotatable bonds is 6. The van der Waals surface area contributed by atoms with Gasteiger partial charge in [-0.05, 0) is 43.2 Å². The molecule has 0 atom stereocenters. The van der Waals surface area contributed by atoms with Gasteiger partial charge in [-0.1, -0.05) is 47.6 Å². The van der Waals surface area contributed by atoms with Crippen LogP contribution >= 0.6 is 23.4 Å². The van der Waals surface area contributed by atoms with Crippen LogP contribution in [0.25, 0.3) is 0 Å². The second kappa shape index (κ2) is 10.2. The summed E-state index contributed by atoms with van der Waals surface area (Å²) >= 11 is 7.53. The van der Waals surface area contributed by atoms with Crippen molar-refractivity contribution in [3.05, 3.63) is 71.0 Å². The zero-order chi connectivity index (χ0) is 22.5. The van der Waals surface area contributed by atoms with Crippen LogP contribution in [0.2, 0.25) is 5.02 Å². The van der Waals surface area contributed by atoms with E-state index >= 15 is 0 Å². The van der Waals surface area contributed by atoms with E-state index in [1.807, 2.05) is 54.3 Å². The molecule has 1 aliphatic heterocycles. The predicted molar refractivity (Wildman–Crippen MR) is 129 cm³/mol. The minimum Gasteiger partial charge on any atom is -0.436 e. The first kappa shape index (κ1) is 22.4. The van der Waals surface area contributed by atoms with Gasteiger partial charge < -0.3 is 14.5 Å². The Morgan fingerprint density at radius 1 is 1.03 bits per heavy atom. The second-order valence-electron chi connectivity index (χ2n) is 7.62. The fourth-order valence-corrected chi connectivity index (χ4v) is 4.56. The normalized spacial score (nSPS) is 13.8. The summed E-state index contributed by atoms with van der Waals surface area (Å²) in [5.41, 5.74) is 3.34. The number of thioether (sulfide) groups is 1. The van der Waals surface area contributed by atoms with E-state index < -0.39 is 0 Å². The van der Waals surface area contributed by atoms with Crippen molar-refractivity contribution in [1.29, 1.82) is 0 Å². The topological polar surface area (TPSA) is 58.6 Å². The minimum atomic E-state index is 0.0879. The molecule has 6 nitrogen and oxygen atoms in total. The van der Waals surface area contributed by atoms with Crippen molar-refractivity contribution in [2.45, 2.75) is 18.9 Å². The van der Waals surface area contributed by atoms with E-state index in [0.717, 1.165) is 35.1 Å². The summed E-state index contributed by atoms with van der Waals surface area (Å²) in [6.07, 6.45) is 3.21. The maximum atomic E-state index is 12.8. The van der Waals surface area contributed by atoms with Crippen molar-refractivity contribution in [2.75, 3.05) is 36.8 Å². The van der Waals surface area contributed by atoms with Gasteiger partial charge in [0.1, 0.15) is 5.75 Å². The molecule has 0 saturated carbocycles. The number of hydrogen-bond donors (Lipinski definition) is 0. The van der Waals surface area contributed by atoms with Crippen LogP contribution in [0.4, 0.5) is 5.69 Å². The van der Waals surface area contributed by atoms with Gasteiger partial charge in [-0.3, -0.25) is 4.79 Å². The first-order chi connectivity index (χ1) is 15.5. The van der Waals surface area contributed by atoms with E-state index in [4.69, 9.17) is 16.3 Å². The molecule has 0 N–H and O–H groups in total. The van der Waals surface area contributed by atoms with Crippen molar-refractivity contribution < 1.29 is 9.53 Å². The van der Waals surface area contributed by atoms with Gasteiger partial charge in [0.25, 0.3) is 5.88 Å². The molecule has 1 aromatic heterocycles. The molecule has 2 aromatic carbocycles. The highest BCUT2D eigenvalue weighted by atomic mass is 35.5. The lowest BCUT2D eigenvalue weighted by Crippen LogP contribution is -2.49. The molecule has 1 fully saturated rings. The highest BCUT2D eigenvalue weighted by Crippen LogP contribution is 2.31. The molecule has 166 valence electrons. The third kappa shape index (κ3) is 5.34. The Balaban J connectivity index is 1.34. The van der Waals surface area contributed by atoms with Crippen molar-refractivity contribution in [2.24, 2.45) is 0 Å². The van der Waals surface area contributed by atoms with Crippen LogP contribution in [0, 0.1) is 13.8 Å². The van der Waals surface area contributed by atoms with Crippen LogP contribution in [-0.2, 0) is 4.79 Å². The number of carbonyl (C=O) groups is 1. The van der Waals surface area contributed by atoms with Crippen LogP contribution < -0.4 is 9.64 Å². The number of para-hydroxylation sites is 1. The van der Waals surface area contributed by atoms with Crippen molar-refractivity contribution >= 4 is 35.0 Å². The zero-order valence-corrected chi connectivity index (χ0v) is 19.7. The average molecular weight is 469 g/mol. The minimum absolute atomic E-state index is 0.0879. The van der Waals surface area contributed by atoms with Gasteiger partial charge in [-0.15, -0.1) is 0 Å². The fraction of sp³-hybridized carbons (Fsp3) is 0.292. The molecule has 8 heteroatoms. The van der Waals surface area contributed by atoms with E-state index in [-0.39, 0.29) is 5.91 Å². The SMILES string of the molecule is Cc1ccccc1Oc1nccnc1SCC(=O)N1CCN(c2cc(Cl)ccc2C)CC1. The Morgan fingerprint density at radius 3 is 2.56 bits per heavy atom. The molecule has 4 rings (SSSR count). The average Bonchev–Trinajstić information content (AvgIpc) is 2.81. The Kier molecular flexibility index (Phi) is 7.17. The molecule has 0 unspecified atom stereocenters. The van der Waals surface area contributed by atoms with Gasteiger partial charge in [0.05, 0.1) is 5.75 Å². The Bertz CT molecular complexity index is 1100. The molecule has 0 bridgehead atoms. The maximum Gasteiger partial charge on any atom is 0.252 e. The highest BCUT2D eigenvalue weighted by molar-refractivity contribution is 8.00. The Hall–Kier alpha value is -2.77. The smallest absolute Gasteiger partial charge is 0.252 e. The number of aromatic nitrogens is 2. The molecular formula is C24H25ClN4O2S. The number of hydrogen-bond acceptors (Lipinski definition) is 6. The monoisotopic (exact) mass is 468 g/mol. The van der Waals surface area contributed by atoms with E-state index in [2.05, 4.69) is 21.8 Å². The van der Waals surface area contributed by atoms with Gasteiger partial charge in [0.15, 0.2) is 5.03 Å². The van der Waals surface area contributed by atoms with Crippen molar-refractivity contribution in [3.8, 4) is 11.6 Å². The van der Waals surface area contributed by atoms with Gasteiger partial charge in [-0.25, -0.2) is 9.97 Å². The zero-order valence-electron chi connectivity index (χ0n) is 18.1. The number of anilines is 1. The molecule has 1 amide bonds. The lowest BCUT2D eigenvalue weighted by Gasteiger charge is -2.36. The molecule has 32 heavy (non-hydrogen) atoms. The molecule has 0 spiro atoms. The lowest BCUT2D eigenvalue weighted by molar-refractivity contribution is -0.128. The van der Waals surface area contributed by atoms with E-state index in [1.54, 1.807) is 12.4 Å².